The first kappa shape index (κ1) is 16.2. The van der Waals surface area contributed by atoms with Crippen LogP contribution in [0.4, 0.5) is 4.39 Å². The van der Waals surface area contributed by atoms with Gasteiger partial charge in [0.05, 0.1) is 5.56 Å². The first-order valence-corrected chi connectivity index (χ1v) is 8.81. The molecule has 1 N–H and O–H groups in total. The summed E-state index contributed by atoms with van der Waals surface area (Å²) in [5.41, 5.74) is 2.28. The van der Waals surface area contributed by atoms with Crippen molar-refractivity contribution in [2.75, 3.05) is 13.1 Å². The summed E-state index contributed by atoms with van der Waals surface area (Å²) in [5.74, 6) is -0.479. The van der Waals surface area contributed by atoms with Gasteiger partial charge < -0.3 is 9.88 Å². The number of piperidine rings is 1. The molecule has 4 rings (SSSR count). The highest BCUT2D eigenvalue weighted by Crippen LogP contribution is 2.30. The zero-order valence-electron chi connectivity index (χ0n) is 13.6. The fourth-order valence-corrected chi connectivity index (χ4v) is 3.75. The second-order valence-electron chi connectivity index (χ2n) is 6.53. The van der Waals surface area contributed by atoms with Crippen LogP contribution in [0.1, 0.15) is 34.8 Å². The Morgan fingerprint density at radius 3 is 2.88 bits per heavy atom. The number of amides is 1. The molecule has 1 aliphatic rings. The Labute approximate surface area is 150 Å². The molecule has 0 saturated carbocycles. The van der Waals surface area contributed by atoms with Crippen LogP contribution in [0.25, 0.3) is 10.9 Å². The van der Waals surface area contributed by atoms with Crippen molar-refractivity contribution in [2.24, 2.45) is 0 Å². The molecule has 5 heteroatoms. The van der Waals surface area contributed by atoms with Crippen molar-refractivity contribution >= 4 is 28.4 Å². The average Bonchev–Trinajstić information content (AvgIpc) is 3.05. The highest BCUT2D eigenvalue weighted by atomic mass is 35.5. The molecule has 0 spiro atoms. The van der Waals surface area contributed by atoms with E-state index in [2.05, 4.69) is 11.1 Å². The molecule has 3 aromatic rings. The lowest BCUT2D eigenvalue weighted by molar-refractivity contribution is 0.0701. The molecule has 2 heterocycles. The van der Waals surface area contributed by atoms with Gasteiger partial charge in [-0.15, -0.1) is 0 Å². The number of rotatable bonds is 2. The van der Waals surface area contributed by atoms with Crippen molar-refractivity contribution < 1.29 is 9.18 Å². The summed E-state index contributed by atoms with van der Waals surface area (Å²) in [6, 6.07) is 14.0. The number of aromatic amines is 1. The van der Waals surface area contributed by atoms with E-state index in [0.29, 0.717) is 18.1 Å². The lowest BCUT2D eigenvalue weighted by Crippen LogP contribution is -2.39. The average molecular weight is 357 g/mol. The zero-order chi connectivity index (χ0) is 17.4. The van der Waals surface area contributed by atoms with Gasteiger partial charge in [-0.05, 0) is 49.2 Å². The van der Waals surface area contributed by atoms with Crippen molar-refractivity contribution in [3.63, 3.8) is 0 Å². The number of likely N-dealkylation sites (tertiary alicyclic amines) is 1. The van der Waals surface area contributed by atoms with E-state index in [1.165, 1.54) is 6.07 Å². The number of carbonyl (C=O) groups is 1. The SMILES string of the molecule is O=C(c1ccccc1F)N1CCCC(c2cc3cc(Cl)ccc3[nH]2)C1. The fraction of sp³-hybridized carbons (Fsp3) is 0.250. The van der Waals surface area contributed by atoms with Gasteiger partial charge in [-0.25, -0.2) is 4.39 Å². The Bertz CT molecular complexity index is 936. The number of aromatic nitrogens is 1. The first-order valence-electron chi connectivity index (χ1n) is 8.44. The quantitative estimate of drug-likeness (QED) is 0.690. The van der Waals surface area contributed by atoms with E-state index >= 15 is 0 Å². The summed E-state index contributed by atoms with van der Waals surface area (Å²) in [6.07, 6.45) is 1.91. The number of benzene rings is 2. The third-order valence-electron chi connectivity index (χ3n) is 4.86. The van der Waals surface area contributed by atoms with Crippen LogP contribution >= 0.6 is 11.6 Å². The van der Waals surface area contributed by atoms with Crippen molar-refractivity contribution in [1.82, 2.24) is 9.88 Å². The first-order chi connectivity index (χ1) is 12.1. The van der Waals surface area contributed by atoms with Crippen molar-refractivity contribution in [1.29, 1.82) is 0 Å². The summed E-state index contributed by atoms with van der Waals surface area (Å²) in [5, 5.41) is 1.78. The number of hydrogen-bond acceptors (Lipinski definition) is 1. The van der Waals surface area contributed by atoms with Crippen LogP contribution < -0.4 is 0 Å². The topological polar surface area (TPSA) is 36.1 Å². The number of halogens is 2. The van der Waals surface area contributed by atoms with E-state index in [0.717, 1.165) is 29.4 Å². The third-order valence-corrected chi connectivity index (χ3v) is 5.09. The number of carbonyl (C=O) groups excluding carboxylic acids is 1. The third kappa shape index (κ3) is 3.14. The molecule has 3 nitrogen and oxygen atoms in total. The van der Waals surface area contributed by atoms with Gasteiger partial charge in [0, 0.05) is 40.6 Å². The number of H-pyrrole nitrogens is 1. The predicted octanol–water partition coefficient (Wildman–Crippen LogP) is 4.98. The molecule has 1 fully saturated rings. The summed E-state index contributed by atoms with van der Waals surface area (Å²) < 4.78 is 13.9. The minimum absolute atomic E-state index is 0.145. The molecule has 0 bridgehead atoms. The van der Waals surface area contributed by atoms with Gasteiger partial charge in [0.15, 0.2) is 0 Å². The largest absolute Gasteiger partial charge is 0.358 e. The Hall–Kier alpha value is -2.33. The summed E-state index contributed by atoms with van der Waals surface area (Å²) in [6.45, 7) is 1.25. The van der Waals surface area contributed by atoms with Crippen molar-refractivity contribution in [3.8, 4) is 0 Å². The lowest BCUT2D eigenvalue weighted by atomic mass is 9.94. The van der Waals surface area contributed by atoms with Crippen LogP contribution in [0, 0.1) is 5.82 Å². The second kappa shape index (κ2) is 6.52. The smallest absolute Gasteiger partial charge is 0.256 e. The molecule has 1 unspecified atom stereocenters. The van der Waals surface area contributed by atoms with Crippen molar-refractivity contribution in [3.05, 3.63) is 70.6 Å². The minimum atomic E-state index is -0.463. The van der Waals surface area contributed by atoms with Crippen LogP contribution in [0.3, 0.4) is 0 Å². The number of hydrogen-bond donors (Lipinski definition) is 1. The zero-order valence-corrected chi connectivity index (χ0v) is 14.4. The maximum absolute atomic E-state index is 13.9. The fourth-order valence-electron chi connectivity index (χ4n) is 3.57. The Kier molecular flexibility index (Phi) is 4.22. The summed E-state index contributed by atoms with van der Waals surface area (Å²) >= 11 is 6.06. The van der Waals surface area contributed by atoms with Gasteiger partial charge in [-0.3, -0.25) is 4.79 Å². The second-order valence-corrected chi connectivity index (χ2v) is 6.96. The van der Waals surface area contributed by atoms with Gasteiger partial charge in [-0.1, -0.05) is 23.7 Å². The molecular weight excluding hydrogens is 339 g/mol. The maximum Gasteiger partial charge on any atom is 0.256 e. The van der Waals surface area contributed by atoms with Gasteiger partial charge in [0.2, 0.25) is 0 Å². The number of nitrogens with zero attached hydrogens (tertiary/aromatic N) is 1. The summed E-state index contributed by atoms with van der Waals surface area (Å²) in [4.78, 5) is 17.9. The normalized spacial score (nSPS) is 17.8. The highest BCUT2D eigenvalue weighted by Gasteiger charge is 2.27. The molecule has 0 aliphatic carbocycles. The van der Waals surface area contributed by atoms with Crippen LogP contribution in [0.5, 0.6) is 0 Å². The molecule has 25 heavy (non-hydrogen) atoms. The van der Waals surface area contributed by atoms with Gasteiger partial charge >= 0.3 is 0 Å². The molecule has 128 valence electrons. The molecule has 1 amide bonds. The number of fused-ring (bicyclic) bond motifs is 1. The van der Waals surface area contributed by atoms with Crippen molar-refractivity contribution in [2.45, 2.75) is 18.8 Å². The Balaban J connectivity index is 1.58. The molecule has 2 aromatic carbocycles. The standard InChI is InChI=1S/C20H18ClFN2O/c21-15-7-8-18-14(10-15)11-19(23-18)13-4-3-9-24(12-13)20(25)16-5-1-2-6-17(16)22/h1-2,5-8,10-11,13,23H,3-4,9,12H2. The van der Waals surface area contributed by atoms with Gasteiger partial charge in [-0.2, -0.15) is 0 Å². The van der Waals surface area contributed by atoms with Gasteiger partial charge in [0.1, 0.15) is 5.82 Å². The highest BCUT2D eigenvalue weighted by molar-refractivity contribution is 6.31. The number of nitrogens with one attached hydrogen (secondary N) is 1. The monoisotopic (exact) mass is 356 g/mol. The molecule has 0 radical (unpaired) electrons. The van der Waals surface area contributed by atoms with E-state index in [9.17, 15) is 9.18 Å². The molecular formula is C20H18ClFN2O. The van der Waals surface area contributed by atoms with E-state index < -0.39 is 5.82 Å². The van der Waals surface area contributed by atoms with Gasteiger partial charge in [0.25, 0.3) is 5.91 Å². The van der Waals surface area contributed by atoms with Crippen LogP contribution in [-0.2, 0) is 0 Å². The van der Waals surface area contributed by atoms with E-state index in [4.69, 9.17) is 11.6 Å². The minimum Gasteiger partial charge on any atom is -0.358 e. The Morgan fingerprint density at radius 1 is 1.20 bits per heavy atom. The molecule has 1 saturated heterocycles. The predicted molar refractivity (Wildman–Crippen MR) is 97.6 cm³/mol. The molecule has 1 aliphatic heterocycles. The Morgan fingerprint density at radius 2 is 2.04 bits per heavy atom. The molecule has 1 aromatic heterocycles. The van der Waals surface area contributed by atoms with E-state index in [1.807, 2.05) is 18.2 Å². The van der Waals surface area contributed by atoms with Crippen LogP contribution in [-0.4, -0.2) is 28.9 Å². The lowest BCUT2D eigenvalue weighted by Gasteiger charge is -2.32. The van der Waals surface area contributed by atoms with E-state index in [-0.39, 0.29) is 17.4 Å². The van der Waals surface area contributed by atoms with Crippen LogP contribution in [0.2, 0.25) is 5.02 Å². The van der Waals surface area contributed by atoms with Crippen LogP contribution in [0.15, 0.2) is 48.5 Å². The summed E-state index contributed by atoms with van der Waals surface area (Å²) in [7, 11) is 0. The van der Waals surface area contributed by atoms with E-state index in [1.54, 1.807) is 23.1 Å². The molecule has 1 atom stereocenters. The maximum atomic E-state index is 13.9.